The van der Waals surface area contributed by atoms with E-state index in [0.29, 0.717) is 35.7 Å². The molecule has 9 nitrogen and oxygen atoms in total. The standard InChI is InChI=1S/C26H26F3N5O4/c1-15-9-21(16-3-2-4-17(10-16)26(27,28)29)32-24-23(15)33-8-6-19(12-33)34(24)25(37)31-18-5-7-30-22(11-18)38-14-20(36)13-35/h2-5,7,9-11,19-20,35-36H,6,8,12-14H2,1H3,(H,30,31,37)/t19-,20?/m0/s1. The summed E-state index contributed by atoms with van der Waals surface area (Å²) >= 11 is 0. The summed E-state index contributed by atoms with van der Waals surface area (Å²) < 4.78 is 45.4. The Morgan fingerprint density at radius 2 is 2.08 bits per heavy atom. The number of aliphatic hydroxyl groups excluding tert-OH is 2. The van der Waals surface area contributed by atoms with Crippen LogP contribution in [-0.2, 0) is 6.18 Å². The van der Waals surface area contributed by atoms with Gasteiger partial charge in [0.2, 0.25) is 5.88 Å². The van der Waals surface area contributed by atoms with Crippen molar-refractivity contribution in [3.05, 3.63) is 59.8 Å². The van der Waals surface area contributed by atoms with E-state index in [1.54, 1.807) is 23.1 Å². The molecule has 2 aromatic heterocycles. The molecule has 0 aliphatic carbocycles. The number of pyridine rings is 2. The van der Waals surface area contributed by atoms with Crippen LogP contribution in [0.15, 0.2) is 48.7 Å². The second-order valence-electron chi connectivity index (χ2n) is 9.29. The molecule has 3 aromatic rings. The molecule has 4 heterocycles. The number of alkyl halides is 3. The number of aromatic nitrogens is 2. The Morgan fingerprint density at radius 3 is 2.84 bits per heavy atom. The summed E-state index contributed by atoms with van der Waals surface area (Å²) in [7, 11) is 0. The van der Waals surface area contributed by atoms with Crippen molar-refractivity contribution in [1.29, 1.82) is 0 Å². The fourth-order valence-electron chi connectivity index (χ4n) is 4.79. The van der Waals surface area contributed by atoms with Crippen molar-refractivity contribution in [2.45, 2.75) is 31.7 Å². The highest BCUT2D eigenvalue weighted by molar-refractivity contribution is 6.05. The Hall–Kier alpha value is -3.90. The zero-order chi connectivity index (χ0) is 27.0. The van der Waals surface area contributed by atoms with Crippen molar-refractivity contribution in [2.75, 3.05) is 41.4 Å². The molecule has 200 valence electrons. The maximum Gasteiger partial charge on any atom is 0.416 e. The van der Waals surface area contributed by atoms with E-state index in [1.807, 2.05) is 6.92 Å². The number of carbonyl (C=O) groups excluding carboxylic acids is 1. The van der Waals surface area contributed by atoms with Crippen LogP contribution in [0.25, 0.3) is 11.3 Å². The number of fused-ring (bicyclic) bond motifs is 4. The molecule has 2 bridgehead atoms. The van der Waals surface area contributed by atoms with Gasteiger partial charge in [-0.15, -0.1) is 0 Å². The topological polar surface area (TPSA) is 111 Å². The van der Waals surface area contributed by atoms with Gasteiger partial charge in [-0.3, -0.25) is 4.90 Å². The SMILES string of the molecule is Cc1cc(-c2cccc(C(F)(F)F)c2)nc2c1N1CC[C@@H](C1)N2C(=O)Nc1ccnc(OCC(O)CO)c1. The number of halogens is 3. The lowest BCUT2D eigenvalue weighted by atomic mass is 10.0. The van der Waals surface area contributed by atoms with Crippen molar-refractivity contribution < 1.29 is 32.9 Å². The van der Waals surface area contributed by atoms with E-state index >= 15 is 0 Å². The number of amides is 2. The third-order valence-electron chi connectivity index (χ3n) is 6.56. The lowest BCUT2D eigenvalue weighted by Crippen LogP contribution is -2.48. The van der Waals surface area contributed by atoms with Crippen LogP contribution in [0.1, 0.15) is 17.5 Å². The number of benzene rings is 1. The second-order valence-corrected chi connectivity index (χ2v) is 9.29. The van der Waals surface area contributed by atoms with Crippen LogP contribution in [0.5, 0.6) is 5.88 Å². The highest BCUT2D eigenvalue weighted by Gasteiger charge is 2.41. The minimum Gasteiger partial charge on any atom is -0.475 e. The molecule has 1 aromatic carbocycles. The van der Waals surface area contributed by atoms with E-state index in [2.05, 4.69) is 15.2 Å². The predicted octanol–water partition coefficient (Wildman–Crippen LogP) is 3.83. The summed E-state index contributed by atoms with van der Waals surface area (Å²) in [4.78, 5) is 26.0. The number of ether oxygens (including phenoxy) is 1. The number of aliphatic hydroxyl groups is 2. The van der Waals surface area contributed by atoms with Gasteiger partial charge >= 0.3 is 12.2 Å². The zero-order valence-electron chi connectivity index (χ0n) is 20.4. The number of anilines is 3. The number of rotatable bonds is 6. The van der Waals surface area contributed by atoms with Gasteiger partial charge in [-0.2, -0.15) is 13.2 Å². The van der Waals surface area contributed by atoms with Crippen LogP contribution in [-0.4, -0.2) is 64.7 Å². The molecule has 2 amide bonds. The minimum atomic E-state index is -4.49. The van der Waals surface area contributed by atoms with Gasteiger partial charge in [-0.25, -0.2) is 14.8 Å². The smallest absolute Gasteiger partial charge is 0.416 e. The Morgan fingerprint density at radius 1 is 1.26 bits per heavy atom. The van der Waals surface area contributed by atoms with Crippen molar-refractivity contribution in [1.82, 2.24) is 9.97 Å². The number of hydrogen-bond acceptors (Lipinski definition) is 7. The largest absolute Gasteiger partial charge is 0.475 e. The fourth-order valence-corrected chi connectivity index (χ4v) is 4.79. The number of nitrogens with one attached hydrogen (secondary N) is 1. The first-order valence-electron chi connectivity index (χ1n) is 12.1. The van der Waals surface area contributed by atoms with Crippen LogP contribution in [0, 0.1) is 6.92 Å². The highest BCUT2D eigenvalue weighted by atomic mass is 19.4. The normalized spacial score (nSPS) is 17.3. The maximum atomic E-state index is 13.6. The van der Waals surface area contributed by atoms with E-state index in [0.717, 1.165) is 29.9 Å². The average Bonchev–Trinajstić information content (AvgIpc) is 3.29. The van der Waals surface area contributed by atoms with Crippen molar-refractivity contribution in [2.24, 2.45) is 0 Å². The molecule has 12 heteroatoms. The molecule has 0 spiro atoms. The summed E-state index contributed by atoms with van der Waals surface area (Å²) in [6.45, 7) is 2.58. The van der Waals surface area contributed by atoms with Crippen LogP contribution in [0.3, 0.4) is 0 Å². The van der Waals surface area contributed by atoms with E-state index < -0.39 is 30.5 Å². The van der Waals surface area contributed by atoms with Gasteiger partial charge in [-0.05, 0) is 43.2 Å². The molecule has 0 radical (unpaired) electrons. The second kappa shape index (κ2) is 10.1. The summed E-state index contributed by atoms with van der Waals surface area (Å²) in [5, 5.41) is 21.3. The quantitative estimate of drug-likeness (QED) is 0.445. The number of hydrogen-bond donors (Lipinski definition) is 3. The predicted molar refractivity (Wildman–Crippen MR) is 134 cm³/mol. The molecule has 5 rings (SSSR count). The third-order valence-corrected chi connectivity index (χ3v) is 6.56. The zero-order valence-corrected chi connectivity index (χ0v) is 20.4. The molecular formula is C26H26F3N5O4. The summed E-state index contributed by atoms with van der Waals surface area (Å²) in [6, 6.07) is 9.19. The van der Waals surface area contributed by atoms with Crippen LogP contribution < -0.4 is 19.9 Å². The van der Waals surface area contributed by atoms with Crippen molar-refractivity contribution in [3.63, 3.8) is 0 Å². The van der Waals surface area contributed by atoms with Crippen molar-refractivity contribution >= 4 is 23.2 Å². The molecule has 2 aliphatic rings. The lowest BCUT2D eigenvalue weighted by molar-refractivity contribution is -0.137. The molecule has 0 saturated carbocycles. The van der Waals surface area contributed by atoms with Gasteiger partial charge in [0.15, 0.2) is 5.82 Å². The van der Waals surface area contributed by atoms with Gasteiger partial charge in [0.05, 0.1) is 29.6 Å². The van der Waals surface area contributed by atoms with E-state index in [-0.39, 0.29) is 18.5 Å². The first-order valence-corrected chi connectivity index (χ1v) is 12.1. The number of aryl methyl sites for hydroxylation is 1. The highest BCUT2D eigenvalue weighted by Crippen LogP contribution is 2.43. The van der Waals surface area contributed by atoms with Crippen LogP contribution in [0.4, 0.5) is 35.2 Å². The van der Waals surface area contributed by atoms with E-state index in [1.165, 1.54) is 18.3 Å². The van der Waals surface area contributed by atoms with Gasteiger partial charge in [-0.1, -0.05) is 12.1 Å². The number of nitrogens with zero attached hydrogens (tertiary/aromatic N) is 4. The molecule has 3 N–H and O–H groups in total. The summed E-state index contributed by atoms with van der Waals surface area (Å²) in [5.74, 6) is 0.544. The Kier molecular flexibility index (Phi) is 6.84. The maximum absolute atomic E-state index is 13.6. The monoisotopic (exact) mass is 529 g/mol. The number of carbonyl (C=O) groups is 1. The van der Waals surface area contributed by atoms with Gasteiger partial charge < -0.3 is 25.2 Å². The summed E-state index contributed by atoms with van der Waals surface area (Å²) in [5.41, 5.74) is 1.86. The van der Waals surface area contributed by atoms with Crippen LogP contribution >= 0.6 is 0 Å². The van der Waals surface area contributed by atoms with E-state index in [9.17, 15) is 23.1 Å². The molecular weight excluding hydrogens is 503 g/mol. The van der Waals surface area contributed by atoms with E-state index in [4.69, 9.17) is 14.8 Å². The van der Waals surface area contributed by atoms with Crippen LogP contribution in [0.2, 0.25) is 0 Å². The molecule has 1 fully saturated rings. The first-order chi connectivity index (χ1) is 18.1. The Balaban J connectivity index is 1.46. The first kappa shape index (κ1) is 25.7. The van der Waals surface area contributed by atoms with Crippen molar-refractivity contribution in [3.8, 4) is 17.1 Å². The summed E-state index contributed by atoms with van der Waals surface area (Å²) in [6.07, 6.45) is -3.40. The van der Waals surface area contributed by atoms with Gasteiger partial charge in [0.25, 0.3) is 0 Å². The molecule has 2 atom stereocenters. The van der Waals surface area contributed by atoms with Gasteiger partial charge in [0.1, 0.15) is 12.7 Å². The number of urea groups is 1. The van der Waals surface area contributed by atoms with Gasteiger partial charge in [0, 0.05) is 36.6 Å². The molecule has 38 heavy (non-hydrogen) atoms. The average molecular weight is 530 g/mol. The fraction of sp³-hybridized carbons (Fsp3) is 0.346. The third kappa shape index (κ3) is 5.09. The molecule has 2 aliphatic heterocycles. The lowest BCUT2D eigenvalue weighted by Gasteiger charge is -2.37. The molecule has 1 unspecified atom stereocenters. The molecule has 1 saturated heterocycles. The minimum absolute atomic E-state index is 0.155. The Bertz CT molecular complexity index is 1350. The Labute approximate surface area is 216 Å².